The number of benzene rings is 1. The summed E-state index contributed by atoms with van der Waals surface area (Å²) in [6.07, 6.45) is 1.18. The van der Waals surface area contributed by atoms with Crippen LogP contribution >= 0.6 is 0 Å². The number of rotatable bonds is 8. The third-order valence-corrected chi connectivity index (χ3v) is 4.75. The maximum atomic E-state index is 12.3. The lowest BCUT2D eigenvalue weighted by Crippen LogP contribution is -3.15. The Morgan fingerprint density at radius 2 is 1.81 bits per heavy atom. The first kappa shape index (κ1) is 20.9. The first-order valence-corrected chi connectivity index (χ1v) is 9.68. The van der Waals surface area contributed by atoms with Gasteiger partial charge in [-0.05, 0) is 25.0 Å². The summed E-state index contributed by atoms with van der Waals surface area (Å²) in [7, 11) is 0. The molecule has 0 atom stereocenters. The minimum atomic E-state index is -0.334. The fourth-order valence-electron chi connectivity index (χ4n) is 3.22. The van der Waals surface area contributed by atoms with Crippen LogP contribution in [0.1, 0.15) is 32.3 Å². The summed E-state index contributed by atoms with van der Waals surface area (Å²) < 4.78 is 4.85. The molecule has 0 aliphatic carbocycles. The zero-order valence-electron chi connectivity index (χ0n) is 16.3. The molecule has 27 heavy (non-hydrogen) atoms. The lowest BCUT2D eigenvalue weighted by Gasteiger charge is -2.32. The van der Waals surface area contributed by atoms with Gasteiger partial charge in [0.25, 0.3) is 5.91 Å². The number of hydrogen-bond acceptors (Lipinski definition) is 4. The molecule has 0 bridgehead atoms. The molecule has 1 aromatic carbocycles. The van der Waals surface area contributed by atoms with Crippen molar-refractivity contribution < 1.29 is 24.0 Å². The van der Waals surface area contributed by atoms with Gasteiger partial charge in [0.1, 0.15) is 0 Å². The fraction of sp³-hybridized carbons (Fsp3) is 0.550. The first-order valence-electron chi connectivity index (χ1n) is 9.68. The molecule has 1 fully saturated rings. The molecule has 2 amide bonds. The Balaban J connectivity index is 1.73. The largest absolute Gasteiger partial charge is 0.466 e. The minimum Gasteiger partial charge on any atom is -0.466 e. The van der Waals surface area contributed by atoms with Crippen molar-refractivity contribution in [1.82, 2.24) is 4.90 Å². The van der Waals surface area contributed by atoms with E-state index < -0.39 is 0 Å². The van der Waals surface area contributed by atoms with Crippen molar-refractivity contribution in [2.24, 2.45) is 0 Å². The predicted octanol–water partition coefficient (Wildman–Crippen LogP) is 0.258. The van der Waals surface area contributed by atoms with Crippen LogP contribution in [0.4, 0.5) is 5.69 Å². The van der Waals surface area contributed by atoms with E-state index in [1.807, 2.05) is 24.3 Å². The summed E-state index contributed by atoms with van der Waals surface area (Å²) in [6, 6.07) is 7.83. The van der Waals surface area contributed by atoms with Crippen LogP contribution in [-0.2, 0) is 25.5 Å². The highest BCUT2D eigenvalue weighted by atomic mass is 16.5. The molecule has 1 aliphatic rings. The molecule has 7 heteroatoms. The number of nitrogens with one attached hydrogen (secondary N) is 2. The van der Waals surface area contributed by atoms with Crippen molar-refractivity contribution in [3.8, 4) is 0 Å². The maximum Gasteiger partial charge on any atom is 0.306 e. The molecule has 1 heterocycles. The van der Waals surface area contributed by atoms with Crippen LogP contribution < -0.4 is 10.2 Å². The number of carbonyl (C=O) groups is 3. The van der Waals surface area contributed by atoms with Gasteiger partial charge in [0, 0.05) is 12.1 Å². The smallest absolute Gasteiger partial charge is 0.306 e. The van der Waals surface area contributed by atoms with Gasteiger partial charge in [-0.15, -0.1) is 0 Å². The number of ether oxygens (including phenoxy) is 1. The van der Waals surface area contributed by atoms with Gasteiger partial charge in [-0.2, -0.15) is 0 Å². The van der Waals surface area contributed by atoms with Gasteiger partial charge in [0.15, 0.2) is 6.54 Å². The van der Waals surface area contributed by atoms with Crippen LogP contribution in [-0.4, -0.2) is 62.0 Å². The summed E-state index contributed by atoms with van der Waals surface area (Å²) in [5.41, 5.74) is 2.00. The van der Waals surface area contributed by atoms with Crippen LogP contribution in [0.3, 0.4) is 0 Å². The summed E-state index contributed by atoms with van der Waals surface area (Å²) in [4.78, 5) is 38.8. The lowest BCUT2D eigenvalue weighted by molar-refractivity contribution is -0.895. The topological polar surface area (TPSA) is 80.2 Å². The highest BCUT2D eigenvalue weighted by Gasteiger charge is 2.25. The van der Waals surface area contributed by atoms with E-state index in [9.17, 15) is 14.4 Å². The molecular formula is C20H30N3O4+. The van der Waals surface area contributed by atoms with E-state index in [1.54, 1.807) is 11.8 Å². The predicted molar refractivity (Wildman–Crippen MR) is 102 cm³/mol. The molecule has 1 aromatic rings. The van der Waals surface area contributed by atoms with Crippen LogP contribution in [0, 0.1) is 0 Å². The number of nitrogens with zero attached hydrogens (tertiary/aromatic N) is 1. The highest BCUT2D eigenvalue weighted by Crippen LogP contribution is 2.14. The molecule has 1 saturated heterocycles. The van der Waals surface area contributed by atoms with E-state index >= 15 is 0 Å². The second-order valence-corrected chi connectivity index (χ2v) is 6.67. The Kier molecular flexibility index (Phi) is 8.26. The van der Waals surface area contributed by atoms with Crippen LogP contribution in [0.15, 0.2) is 24.3 Å². The fourth-order valence-corrected chi connectivity index (χ4v) is 3.22. The molecule has 2 rings (SSSR count). The number of amides is 2. The monoisotopic (exact) mass is 376 g/mol. The van der Waals surface area contributed by atoms with E-state index in [-0.39, 0.29) is 30.6 Å². The van der Waals surface area contributed by atoms with Gasteiger partial charge in [-0.3, -0.25) is 14.4 Å². The highest BCUT2D eigenvalue weighted by molar-refractivity contribution is 5.92. The van der Waals surface area contributed by atoms with Crippen molar-refractivity contribution in [1.29, 1.82) is 0 Å². The average molecular weight is 376 g/mol. The van der Waals surface area contributed by atoms with E-state index in [0.29, 0.717) is 26.2 Å². The number of hydrogen-bond donors (Lipinski definition) is 2. The Bertz CT molecular complexity index is 654. The van der Waals surface area contributed by atoms with E-state index in [1.165, 1.54) is 0 Å². The molecule has 1 aliphatic heterocycles. The zero-order valence-corrected chi connectivity index (χ0v) is 16.3. The SMILES string of the molecule is CCOC(=O)CCC(=O)N1CC[NH+](CC(=O)Nc2ccccc2CC)CC1. The summed E-state index contributed by atoms with van der Waals surface area (Å²) >= 11 is 0. The summed E-state index contributed by atoms with van der Waals surface area (Å²) in [6.45, 7) is 7.21. The molecule has 148 valence electrons. The molecule has 0 saturated carbocycles. The van der Waals surface area contributed by atoms with Crippen molar-refractivity contribution >= 4 is 23.5 Å². The first-order chi connectivity index (χ1) is 13.0. The second kappa shape index (κ2) is 10.7. The zero-order chi connectivity index (χ0) is 19.6. The van der Waals surface area contributed by atoms with E-state index in [2.05, 4.69) is 12.2 Å². The third kappa shape index (κ3) is 6.67. The van der Waals surface area contributed by atoms with Crippen molar-refractivity contribution in [2.75, 3.05) is 44.6 Å². The Morgan fingerprint density at radius 3 is 2.48 bits per heavy atom. The molecule has 0 radical (unpaired) electrons. The summed E-state index contributed by atoms with van der Waals surface area (Å²) in [5.74, 6) is -0.365. The lowest BCUT2D eigenvalue weighted by atomic mass is 10.1. The third-order valence-electron chi connectivity index (χ3n) is 4.75. The van der Waals surface area contributed by atoms with Crippen LogP contribution in [0.5, 0.6) is 0 Å². The number of quaternary nitrogens is 1. The molecule has 7 nitrogen and oxygen atoms in total. The van der Waals surface area contributed by atoms with Gasteiger partial charge >= 0.3 is 5.97 Å². The molecule has 2 N–H and O–H groups in total. The standard InChI is InChI=1S/C20H29N3O4/c1-3-16-7-5-6-8-17(16)21-18(24)15-22-11-13-23(14-12-22)19(25)9-10-20(26)27-4-2/h5-8H,3-4,9-15H2,1-2H3,(H,21,24)/p+1. The number of anilines is 1. The number of piperazine rings is 1. The molecule has 0 spiro atoms. The van der Waals surface area contributed by atoms with Crippen molar-refractivity contribution in [3.05, 3.63) is 29.8 Å². The number of esters is 1. The van der Waals surface area contributed by atoms with Gasteiger partial charge in [-0.25, -0.2) is 0 Å². The van der Waals surface area contributed by atoms with Gasteiger partial charge in [-0.1, -0.05) is 25.1 Å². The molecule has 0 unspecified atom stereocenters. The number of para-hydroxylation sites is 1. The number of aryl methyl sites for hydroxylation is 1. The molecule has 0 aromatic heterocycles. The Hall–Kier alpha value is -2.41. The Labute approximate surface area is 160 Å². The van der Waals surface area contributed by atoms with Crippen molar-refractivity contribution in [2.45, 2.75) is 33.1 Å². The van der Waals surface area contributed by atoms with Crippen LogP contribution in [0.2, 0.25) is 0 Å². The normalized spacial score (nSPS) is 14.7. The average Bonchev–Trinajstić information content (AvgIpc) is 2.67. The summed E-state index contributed by atoms with van der Waals surface area (Å²) in [5, 5.41) is 3.00. The molecular weight excluding hydrogens is 346 g/mol. The van der Waals surface area contributed by atoms with Gasteiger partial charge in [0.05, 0.1) is 39.2 Å². The minimum absolute atomic E-state index is 0.00649. The van der Waals surface area contributed by atoms with Crippen LogP contribution in [0.25, 0.3) is 0 Å². The van der Waals surface area contributed by atoms with E-state index in [0.717, 1.165) is 35.7 Å². The second-order valence-electron chi connectivity index (χ2n) is 6.67. The number of carbonyl (C=O) groups excluding carboxylic acids is 3. The van der Waals surface area contributed by atoms with E-state index in [4.69, 9.17) is 4.74 Å². The van der Waals surface area contributed by atoms with Crippen molar-refractivity contribution in [3.63, 3.8) is 0 Å². The van der Waals surface area contributed by atoms with Gasteiger partial charge < -0.3 is 19.9 Å². The quantitative estimate of drug-likeness (QED) is 0.638. The Morgan fingerprint density at radius 1 is 1.11 bits per heavy atom. The maximum absolute atomic E-state index is 12.3. The van der Waals surface area contributed by atoms with Gasteiger partial charge in [0.2, 0.25) is 5.91 Å².